The van der Waals surface area contributed by atoms with Gasteiger partial charge in [0.15, 0.2) is 0 Å². The van der Waals surface area contributed by atoms with Gasteiger partial charge in [0.25, 0.3) is 0 Å². The maximum Gasteiger partial charge on any atom is 0.242 e. The lowest BCUT2D eigenvalue weighted by Gasteiger charge is -2.30. The molecule has 2 aliphatic rings. The van der Waals surface area contributed by atoms with E-state index >= 15 is 0 Å². The van der Waals surface area contributed by atoms with Crippen molar-refractivity contribution in [3.05, 3.63) is 47.0 Å². The number of hydrogen-bond donors (Lipinski definition) is 1. The van der Waals surface area contributed by atoms with E-state index in [0.717, 1.165) is 12.0 Å². The van der Waals surface area contributed by atoms with E-state index in [2.05, 4.69) is 5.32 Å². The fourth-order valence-electron chi connectivity index (χ4n) is 4.30. The molecule has 8 heteroatoms. The highest BCUT2D eigenvalue weighted by Crippen LogP contribution is 2.35. The van der Waals surface area contributed by atoms with Gasteiger partial charge >= 0.3 is 0 Å². The minimum Gasteiger partial charge on any atom is -0.352 e. The van der Waals surface area contributed by atoms with Crippen molar-refractivity contribution in [2.24, 2.45) is 11.8 Å². The van der Waals surface area contributed by atoms with Crippen molar-refractivity contribution >= 4 is 35.2 Å². The first-order valence-electron chi connectivity index (χ1n) is 11.6. The monoisotopic (exact) mass is 473 g/mol. The van der Waals surface area contributed by atoms with Gasteiger partial charge in [0.1, 0.15) is 6.04 Å². The molecule has 0 saturated carbocycles. The fraction of sp³-hybridized carbons (Fsp3) is 0.520. The summed E-state index contributed by atoms with van der Waals surface area (Å²) in [6.07, 6.45) is 5.72. The first kappa shape index (κ1) is 25.0. The molecule has 178 valence electrons. The Hall–Kier alpha value is -2.67. The maximum atomic E-state index is 13.3. The third kappa shape index (κ3) is 5.64. The summed E-state index contributed by atoms with van der Waals surface area (Å²) in [6.45, 7) is 5.73. The van der Waals surface area contributed by atoms with E-state index in [0.29, 0.717) is 17.9 Å². The summed E-state index contributed by atoms with van der Waals surface area (Å²) in [5, 5.41) is 3.42. The van der Waals surface area contributed by atoms with Crippen molar-refractivity contribution in [1.29, 1.82) is 0 Å². The molecule has 1 fully saturated rings. The summed E-state index contributed by atoms with van der Waals surface area (Å²) >= 11 is 6.31. The zero-order chi connectivity index (χ0) is 24.1. The molecule has 0 unspecified atom stereocenters. The molecule has 1 aliphatic carbocycles. The topological polar surface area (TPSA) is 86.8 Å². The largest absolute Gasteiger partial charge is 0.352 e. The van der Waals surface area contributed by atoms with Crippen molar-refractivity contribution in [3.8, 4) is 0 Å². The van der Waals surface area contributed by atoms with E-state index in [-0.39, 0.29) is 61.0 Å². The number of benzene rings is 1. The van der Waals surface area contributed by atoms with Crippen LogP contribution in [0.5, 0.6) is 0 Å². The van der Waals surface area contributed by atoms with Crippen molar-refractivity contribution in [2.75, 3.05) is 6.54 Å². The van der Waals surface area contributed by atoms with Gasteiger partial charge in [-0.15, -0.1) is 0 Å². The normalized spacial score (nSPS) is 21.5. The fourth-order valence-corrected chi connectivity index (χ4v) is 4.49. The Morgan fingerprint density at radius 2 is 1.73 bits per heavy atom. The summed E-state index contributed by atoms with van der Waals surface area (Å²) in [5.41, 5.74) is 0.723. The van der Waals surface area contributed by atoms with Gasteiger partial charge in [0, 0.05) is 30.6 Å². The quantitative estimate of drug-likeness (QED) is 0.440. The Balaban J connectivity index is 1.73. The molecule has 1 saturated heterocycles. The lowest BCUT2D eigenvalue weighted by molar-refractivity contribution is -0.143. The number of amides is 4. The van der Waals surface area contributed by atoms with Crippen LogP contribution in [-0.4, -0.2) is 52.1 Å². The van der Waals surface area contributed by atoms with Crippen LogP contribution in [0.3, 0.4) is 0 Å². The second-order valence-corrected chi connectivity index (χ2v) is 9.25. The van der Waals surface area contributed by atoms with Crippen LogP contribution in [0.4, 0.5) is 0 Å². The Morgan fingerprint density at radius 1 is 1.12 bits per heavy atom. The molecule has 4 atom stereocenters. The molecule has 7 nitrogen and oxygen atoms in total. The summed E-state index contributed by atoms with van der Waals surface area (Å²) in [6, 6.07) is 6.42. The van der Waals surface area contributed by atoms with E-state index in [1.807, 2.05) is 38.1 Å². The number of imide groups is 1. The molecule has 1 aromatic carbocycles. The highest BCUT2D eigenvalue weighted by atomic mass is 35.5. The molecule has 0 aromatic heterocycles. The number of likely N-dealkylation sites (tertiary alicyclic amines) is 1. The smallest absolute Gasteiger partial charge is 0.242 e. The minimum absolute atomic E-state index is 0.0161. The van der Waals surface area contributed by atoms with Crippen LogP contribution in [0.2, 0.25) is 5.02 Å². The molecule has 1 N–H and O–H groups in total. The Kier molecular flexibility index (Phi) is 8.30. The number of rotatable bonds is 9. The van der Waals surface area contributed by atoms with Crippen LogP contribution in [0.15, 0.2) is 36.4 Å². The minimum atomic E-state index is -0.737. The molecule has 33 heavy (non-hydrogen) atoms. The summed E-state index contributed by atoms with van der Waals surface area (Å²) in [7, 11) is 0. The van der Waals surface area contributed by atoms with Gasteiger partial charge in [-0.2, -0.15) is 0 Å². The number of hydrogen-bond acceptors (Lipinski definition) is 4. The second kappa shape index (κ2) is 11.0. The van der Waals surface area contributed by atoms with Gasteiger partial charge in [0.2, 0.25) is 23.6 Å². The molecule has 3 rings (SSSR count). The summed E-state index contributed by atoms with van der Waals surface area (Å²) < 4.78 is 0. The summed E-state index contributed by atoms with van der Waals surface area (Å²) in [5.74, 6) is -1.62. The average molecular weight is 474 g/mol. The van der Waals surface area contributed by atoms with Crippen LogP contribution in [0.25, 0.3) is 0 Å². The SMILES string of the molecule is CC[C@@H](C)NC(=O)[C@H](C)N(Cc1ccccc1Cl)C(=O)CCN1C(=O)[C@H]2CC=CC[C@H]2C1=O. The van der Waals surface area contributed by atoms with Crippen LogP contribution in [-0.2, 0) is 25.7 Å². The molecule has 1 aromatic rings. The van der Waals surface area contributed by atoms with Crippen molar-refractivity contribution in [1.82, 2.24) is 15.1 Å². The van der Waals surface area contributed by atoms with Crippen molar-refractivity contribution in [2.45, 2.75) is 65.1 Å². The number of carbonyl (C=O) groups excluding carboxylic acids is 4. The number of nitrogens with zero attached hydrogens (tertiary/aromatic N) is 2. The van der Waals surface area contributed by atoms with Gasteiger partial charge < -0.3 is 10.2 Å². The molecule has 1 aliphatic heterocycles. The predicted octanol–water partition coefficient (Wildman–Crippen LogP) is 3.31. The van der Waals surface area contributed by atoms with E-state index in [1.54, 1.807) is 19.1 Å². The third-order valence-corrected chi connectivity index (χ3v) is 6.98. The molecule has 4 amide bonds. The predicted molar refractivity (Wildman–Crippen MR) is 126 cm³/mol. The Labute approximate surface area is 200 Å². The van der Waals surface area contributed by atoms with Crippen molar-refractivity contribution in [3.63, 3.8) is 0 Å². The number of nitrogens with one attached hydrogen (secondary N) is 1. The van der Waals surface area contributed by atoms with Crippen LogP contribution in [0, 0.1) is 11.8 Å². The van der Waals surface area contributed by atoms with E-state index in [1.165, 1.54) is 9.80 Å². The molecule has 0 spiro atoms. The lowest BCUT2D eigenvalue weighted by Crippen LogP contribution is -2.50. The highest BCUT2D eigenvalue weighted by Gasteiger charge is 2.47. The summed E-state index contributed by atoms with van der Waals surface area (Å²) in [4.78, 5) is 54.2. The van der Waals surface area contributed by atoms with Gasteiger partial charge in [-0.05, 0) is 44.7 Å². The second-order valence-electron chi connectivity index (χ2n) is 8.84. The van der Waals surface area contributed by atoms with E-state index < -0.39 is 6.04 Å². The van der Waals surface area contributed by atoms with E-state index in [9.17, 15) is 19.2 Å². The van der Waals surface area contributed by atoms with Gasteiger partial charge in [-0.25, -0.2) is 0 Å². The Bertz CT molecular complexity index is 921. The molecule has 0 radical (unpaired) electrons. The van der Waals surface area contributed by atoms with Crippen LogP contribution >= 0.6 is 11.6 Å². The number of halogens is 1. The number of carbonyl (C=O) groups is 4. The lowest BCUT2D eigenvalue weighted by atomic mass is 9.85. The zero-order valence-corrected chi connectivity index (χ0v) is 20.2. The first-order valence-corrected chi connectivity index (χ1v) is 12.0. The van der Waals surface area contributed by atoms with Gasteiger partial charge in [-0.3, -0.25) is 24.1 Å². The standard InChI is InChI=1S/C25H32ClN3O4/c1-4-16(2)27-23(31)17(3)29(15-18-9-5-8-12-21(18)26)22(30)13-14-28-24(32)19-10-6-7-11-20(19)25(28)33/h5-9,12,16-17,19-20H,4,10-11,13-15H2,1-3H3,(H,27,31)/t16-,17+,19-,20+/m1/s1. The van der Waals surface area contributed by atoms with Crippen LogP contribution < -0.4 is 5.32 Å². The van der Waals surface area contributed by atoms with E-state index in [4.69, 9.17) is 11.6 Å². The molecule has 1 heterocycles. The number of allylic oxidation sites excluding steroid dienone is 2. The molecule has 0 bridgehead atoms. The molecular formula is C25H32ClN3O4. The van der Waals surface area contributed by atoms with Crippen LogP contribution in [0.1, 0.15) is 52.0 Å². The Morgan fingerprint density at radius 3 is 2.30 bits per heavy atom. The van der Waals surface area contributed by atoms with Gasteiger partial charge in [0.05, 0.1) is 11.8 Å². The zero-order valence-electron chi connectivity index (χ0n) is 19.4. The third-order valence-electron chi connectivity index (χ3n) is 6.61. The first-order chi connectivity index (χ1) is 15.7. The molecular weight excluding hydrogens is 442 g/mol. The van der Waals surface area contributed by atoms with Crippen molar-refractivity contribution < 1.29 is 19.2 Å². The highest BCUT2D eigenvalue weighted by molar-refractivity contribution is 6.31. The average Bonchev–Trinajstić information content (AvgIpc) is 3.06. The van der Waals surface area contributed by atoms with Gasteiger partial charge in [-0.1, -0.05) is 48.9 Å². The maximum absolute atomic E-state index is 13.3. The number of fused-ring (bicyclic) bond motifs is 1.